The number of hydrogen-bond donors (Lipinski definition) is 1. The Balaban J connectivity index is 0.000000531. The van der Waals surface area contributed by atoms with Crippen LogP contribution in [0.2, 0.25) is 0 Å². The molecule has 0 spiro atoms. The van der Waals surface area contributed by atoms with Crippen LogP contribution in [0.3, 0.4) is 0 Å². The minimum absolute atomic E-state index is 0.111. The summed E-state index contributed by atoms with van der Waals surface area (Å²) in [5.41, 5.74) is 5.44. The molecule has 3 heteroatoms. The summed E-state index contributed by atoms with van der Waals surface area (Å²) in [5, 5.41) is 0. The molecule has 2 rings (SSSR count). The van der Waals surface area contributed by atoms with Gasteiger partial charge in [-0.25, -0.2) is 0 Å². The third-order valence-corrected chi connectivity index (χ3v) is 2.06. The second-order valence-electron chi connectivity index (χ2n) is 3.07. The highest BCUT2D eigenvalue weighted by molar-refractivity contribution is 5.40. The van der Waals surface area contributed by atoms with Crippen molar-refractivity contribution in [3.63, 3.8) is 0 Å². The Labute approximate surface area is 91.2 Å². The van der Waals surface area contributed by atoms with Gasteiger partial charge in [-0.15, -0.1) is 0 Å². The molecule has 2 N–H and O–H groups in total. The quantitative estimate of drug-likeness (QED) is 0.812. The van der Waals surface area contributed by atoms with Gasteiger partial charge in [0, 0.05) is 0 Å². The van der Waals surface area contributed by atoms with Crippen molar-refractivity contribution < 1.29 is 9.47 Å². The summed E-state index contributed by atoms with van der Waals surface area (Å²) >= 11 is 0. The van der Waals surface area contributed by atoms with Crippen LogP contribution in [-0.2, 0) is 0 Å². The maximum atomic E-state index is 5.67. The second-order valence-corrected chi connectivity index (χ2v) is 3.07. The van der Waals surface area contributed by atoms with E-state index in [0.717, 1.165) is 17.9 Å². The first-order chi connectivity index (χ1) is 7.40. The highest BCUT2D eigenvalue weighted by atomic mass is 16.6. The maximum Gasteiger partial charge on any atom is 0.161 e. The molecule has 0 saturated carbocycles. The van der Waals surface area contributed by atoms with Gasteiger partial charge in [0.05, 0.1) is 0 Å². The Morgan fingerprint density at radius 1 is 1.27 bits per heavy atom. The zero-order chi connectivity index (χ0) is 11.1. The van der Waals surface area contributed by atoms with E-state index >= 15 is 0 Å². The Morgan fingerprint density at radius 3 is 2.60 bits per heavy atom. The Bertz CT molecular complexity index is 289. The normalized spacial score (nSPS) is 17.7. The van der Waals surface area contributed by atoms with E-state index in [1.165, 1.54) is 0 Å². The molecule has 0 aliphatic carbocycles. The molecule has 3 nitrogen and oxygen atoms in total. The van der Waals surface area contributed by atoms with Gasteiger partial charge in [0.1, 0.15) is 12.7 Å². The van der Waals surface area contributed by atoms with Gasteiger partial charge < -0.3 is 15.2 Å². The van der Waals surface area contributed by atoms with E-state index in [0.29, 0.717) is 13.2 Å². The average Bonchev–Trinajstić information content (AvgIpc) is 2.32. The molecule has 1 atom stereocenters. The summed E-state index contributed by atoms with van der Waals surface area (Å²) in [4.78, 5) is 0. The smallest absolute Gasteiger partial charge is 0.161 e. The molecule has 1 aromatic rings. The minimum atomic E-state index is 0.111. The lowest BCUT2D eigenvalue weighted by molar-refractivity contribution is 0.0866. The van der Waals surface area contributed by atoms with Crippen LogP contribution < -0.4 is 15.2 Å². The molecule has 1 aliphatic rings. The summed E-state index contributed by atoms with van der Waals surface area (Å²) in [6.45, 7) is 5.24. The summed E-state index contributed by atoms with van der Waals surface area (Å²) in [5.74, 6) is 1.66. The van der Waals surface area contributed by atoms with Crippen LogP contribution in [0, 0.1) is 0 Å². The average molecular weight is 209 g/mol. The van der Waals surface area contributed by atoms with Gasteiger partial charge in [0.25, 0.3) is 0 Å². The zero-order valence-corrected chi connectivity index (χ0v) is 9.40. The Kier molecular flexibility index (Phi) is 4.98. The molecule has 0 amide bonds. The molecule has 0 saturated heterocycles. The molecule has 15 heavy (non-hydrogen) atoms. The number of para-hydroxylation sites is 2. The minimum Gasteiger partial charge on any atom is -0.486 e. The fraction of sp³-hybridized carbons (Fsp3) is 0.500. The lowest BCUT2D eigenvalue weighted by Crippen LogP contribution is -2.31. The van der Waals surface area contributed by atoms with Crippen LogP contribution in [0.5, 0.6) is 11.5 Å². The van der Waals surface area contributed by atoms with Gasteiger partial charge in [-0.2, -0.15) is 0 Å². The summed E-state index contributed by atoms with van der Waals surface area (Å²) < 4.78 is 11.2. The number of nitrogens with two attached hydrogens (primary N) is 1. The van der Waals surface area contributed by atoms with E-state index in [9.17, 15) is 0 Å². The highest BCUT2D eigenvalue weighted by Crippen LogP contribution is 2.31. The van der Waals surface area contributed by atoms with Crippen molar-refractivity contribution in [2.75, 3.05) is 13.2 Å². The molecule has 0 radical (unpaired) electrons. The predicted molar refractivity (Wildman–Crippen MR) is 61.4 cm³/mol. The molecule has 0 aromatic heterocycles. The van der Waals surface area contributed by atoms with Crippen molar-refractivity contribution in [1.82, 2.24) is 0 Å². The molecule has 0 bridgehead atoms. The SMILES string of the molecule is CC.NCCC1COc2ccccc2O1. The molecular weight excluding hydrogens is 190 g/mol. The van der Waals surface area contributed by atoms with Gasteiger partial charge in [0.2, 0.25) is 0 Å². The first-order valence-corrected chi connectivity index (χ1v) is 5.48. The van der Waals surface area contributed by atoms with Crippen LogP contribution in [-0.4, -0.2) is 19.3 Å². The monoisotopic (exact) mass is 209 g/mol. The Morgan fingerprint density at radius 2 is 1.93 bits per heavy atom. The van der Waals surface area contributed by atoms with Crippen LogP contribution in [0.1, 0.15) is 20.3 Å². The lowest BCUT2D eigenvalue weighted by Gasteiger charge is -2.25. The molecular formula is C12H19NO2. The highest BCUT2D eigenvalue weighted by Gasteiger charge is 2.19. The van der Waals surface area contributed by atoms with Crippen LogP contribution in [0.25, 0.3) is 0 Å². The predicted octanol–water partition coefficient (Wildman–Crippen LogP) is 2.20. The fourth-order valence-electron chi connectivity index (χ4n) is 1.39. The van der Waals surface area contributed by atoms with Crippen molar-refractivity contribution >= 4 is 0 Å². The topological polar surface area (TPSA) is 44.5 Å². The first kappa shape index (κ1) is 11.9. The van der Waals surface area contributed by atoms with Gasteiger partial charge in [-0.1, -0.05) is 26.0 Å². The van der Waals surface area contributed by atoms with Crippen molar-refractivity contribution in [1.29, 1.82) is 0 Å². The molecule has 1 heterocycles. The van der Waals surface area contributed by atoms with Crippen LogP contribution >= 0.6 is 0 Å². The van der Waals surface area contributed by atoms with Crippen LogP contribution in [0.4, 0.5) is 0 Å². The molecule has 84 valence electrons. The summed E-state index contributed by atoms with van der Waals surface area (Å²) in [6, 6.07) is 7.70. The number of rotatable bonds is 2. The molecule has 1 aliphatic heterocycles. The van der Waals surface area contributed by atoms with Gasteiger partial charge in [0.15, 0.2) is 11.5 Å². The standard InChI is InChI=1S/C10H13NO2.C2H6/c11-6-5-8-7-12-9-3-1-2-4-10(9)13-8;1-2/h1-4,8H,5-7,11H2;1-2H3. The maximum absolute atomic E-state index is 5.67. The van der Waals surface area contributed by atoms with E-state index in [1.54, 1.807) is 0 Å². The van der Waals surface area contributed by atoms with Gasteiger partial charge in [-0.3, -0.25) is 0 Å². The first-order valence-electron chi connectivity index (χ1n) is 5.48. The van der Waals surface area contributed by atoms with Crippen molar-refractivity contribution in [2.45, 2.75) is 26.4 Å². The number of ether oxygens (including phenoxy) is 2. The molecule has 0 fully saturated rings. The number of benzene rings is 1. The van der Waals surface area contributed by atoms with Gasteiger partial charge >= 0.3 is 0 Å². The number of hydrogen-bond acceptors (Lipinski definition) is 3. The van der Waals surface area contributed by atoms with E-state index in [4.69, 9.17) is 15.2 Å². The van der Waals surface area contributed by atoms with E-state index in [2.05, 4.69) is 0 Å². The van der Waals surface area contributed by atoms with Crippen molar-refractivity contribution in [3.05, 3.63) is 24.3 Å². The van der Waals surface area contributed by atoms with E-state index in [1.807, 2.05) is 38.1 Å². The Hall–Kier alpha value is -1.22. The summed E-state index contributed by atoms with van der Waals surface area (Å²) in [7, 11) is 0. The van der Waals surface area contributed by atoms with Crippen LogP contribution in [0.15, 0.2) is 24.3 Å². The fourth-order valence-corrected chi connectivity index (χ4v) is 1.39. The molecule has 1 aromatic carbocycles. The molecule has 1 unspecified atom stereocenters. The zero-order valence-electron chi connectivity index (χ0n) is 9.40. The lowest BCUT2D eigenvalue weighted by atomic mass is 10.2. The number of fused-ring (bicyclic) bond motifs is 1. The second kappa shape index (κ2) is 6.30. The third kappa shape index (κ3) is 3.13. The largest absolute Gasteiger partial charge is 0.486 e. The van der Waals surface area contributed by atoms with Crippen molar-refractivity contribution in [2.24, 2.45) is 5.73 Å². The third-order valence-electron chi connectivity index (χ3n) is 2.06. The van der Waals surface area contributed by atoms with E-state index < -0.39 is 0 Å². The van der Waals surface area contributed by atoms with Gasteiger partial charge in [-0.05, 0) is 25.1 Å². The van der Waals surface area contributed by atoms with Crippen molar-refractivity contribution in [3.8, 4) is 11.5 Å². The summed E-state index contributed by atoms with van der Waals surface area (Å²) in [6.07, 6.45) is 0.953. The van der Waals surface area contributed by atoms with E-state index in [-0.39, 0.29) is 6.10 Å².